The summed E-state index contributed by atoms with van der Waals surface area (Å²) in [5.74, 6) is 0.216. The number of aromatic nitrogens is 2. The van der Waals surface area contributed by atoms with Gasteiger partial charge in [-0.2, -0.15) is 5.26 Å². The molecule has 4 rings (SSSR count). The number of piperidine rings is 1. The van der Waals surface area contributed by atoms with Crippen molar-refractivity contribution < 1.29 is 13.2 Å². The van der Waals surface area contributed by atoms with Crippen molar-refractivity contribution in [3.8, 4) is 6.07 Å². The van der Waals surface area contributed by atoms with Crippen molar-refractivity contribution in [2.75, 3.05) is 29.5 Å². The molecule has 0 spiro atoms. The van der Waals surface area contributed by atoms with Crippen molar-refractivity contribution in [2.45, 2.75) is 39.2 Å². The zero-order chi connectivity index (χ0) is 23.8. The van der Waals surface area contributed by atoms with E-state index in [1.54, 1.807) is 12.3 Å². The van der Waals surface area contributed by atoms with Crippen LogP contribution in [-0.2, 0) is 14.6 Å². The predicted octanol–water partition coefficient (Wildman–Crippen LogP) is 1.45. The lowest BCUT2D eigenvalue weighted by Gasteiger charge is -2.32. The Morgan fingerprint density at radius 2 is 2.03 bits per heavy atom. The topological polar surface area (TPSA) is 125 Å². The third-order valence-corrected chi connectivity index (χ3v) is 8.14. The fourth-order valence-electron chi connectivity index (χ4n) is 4.35. The summed E-state index contributed by atoms with van der Waals surface area (Å²) in [6.45, 7) is 5.52. The Bertz CT molecular complexity index is 1330. The van der Waals surface area contributed by atoms with Crippen LogP contribution in [0.5, 0.6) is 0 Å². The van der Waals surface area contributed by atoms with E-state index in [-0.39, 0.29) is 28.2 Å². The molecule has 0 radical (unpaired) electrons. The van der Waals surface area contributed by atoms with E-state index < -0.39 is 21.8 Å². The number of amides is 1. The normalized spacial score (nSPS) is 21.2. The number of carbonyl (C=O) groups excluding carboxylic acids is 1. The Kier molecular flexibility index (Phi) is 6.26. The van der Waals surface area contributed by atoms with Gasteiger partial charge >= 0.3 is 0 Å². The van der Waals surface area contributed by atoms with Gasteiger partial charge in [-0.1, -0.05) is 13.0 Å². The molecule has 1 atom stereocenters. The summed E-state index contributed by atoms with van der Waals surface area (Å²) in [6, 6.07) is 4.96. The first-order chi connectivity index (χ1) is 15.7. The van der Waals surface area contributed by atoms with Gasteiger partial charge in [0.2, 0.25) is 0 Å². The van der Waals surface area contributed by atoms with Crippen LogP contribution in [0.1, 0.15) is 37.3 Å². The molecule has 1 unspecified atom stereocenters. The van der Waals surface area contributed by atoms with E-state index >= 15 is 0 Å². The number of fused-ring (bicyclic) bond motifs is 1. The summed E-state index contributed by atoms with van der Waals surface area (Å²) in [6.07, 6.45) is 5.13. The first-order valence-corrected chi connectivity index (χ1v) is 12.9. The summed E-state index contributed by atoms with van der Waals surface area (Å²) in [5, 5.41) is 12.3. The minimum absolute atomic E-state index is 0.0103. The summed E-state index contributed by atoms with van der Waals surface area (Å²) < 4.78 is 24.8. The summed E-state index contributed by atoms with van der Waals surface area (Å²) >= 11 is 0. The lowest BCUT2D eigenvalue weighted by atomic mass is 9.99. The van der Waals surface area contributed by atoms with Gasteiger partial charge < -0.3 is 10.2 Å². The second-order valence-corrected chi connectivity index (χ2v) is 11.2. The summed E-state index contributed by atoms with van der Waals surface area (Å²) in [7, 11) is -3.18. The van der Waals surface area contributed by atoms with E-state index in [4.69, 9.17) is 4.98 Å². The molecule has 2 aliphatic heterocycles. The number of hydrogen-bond donors (Lipinski definition) is 1. The van der Waals surface area contributed by atoms with Gasteiger partial charge in [0, 0.05) is 25.3 Å². The van der Waals surface area contributed by atoms with Crippen molar-refractivity contribution in [2.24, 2.45) is 5.92 Å². The number of aryl methyl sites for hydroxylation is 1. The number of carbonyl (C=O) groups is 1. The van der Waals surface area contributed by atoms with E-state index in [9.17, 15) is 23.3 Å². The van der Waals surface area contributed by atoms with Gasteiger partial charge in [-0.25, -0.2) is 13.4 Å². The zero-order valence-corrected chi connectivity index (χ0v) is 19.6. The van der Waals surface area contributed by atoms with Gasteiger partial charge in [0.05, 0.1) is 17.1 Å². The molecule has 2 aromatic rings. The number of pyridine rings is 1. The van der Waals surface area contributed by atoms with Crippen LogP contribution >= 0.6 is 0 Å². The summed E-state index contributed by atoms with van der Waals surface area (Å²) in [4.78, 5) is 33.0. The molecule has 0 aromatic carbocycles. The molecule has 4 heterocycles. The Hall–Kier alpha value is -3.19. The van der Waals surface area contributed by atoms with E-state index in [1.165, 1.54) is 10.5 Å². The average molecular weight is 470 g/mol. The van der Waals surface area contributed by atoms with Gasteiger partial charge in [-0.05, 0) is 49.8 Å². The summed E-state index contributed by atoms with van der Waals surface area (Å²) in [5.41, 5.74) is 0.946. The number of anilines is 1. The molecule has 2 aromatic heterocycles. The first-order valence-electron chi connectivity index (χ1n) is 11.1. The van der Waals surface area contributed by atoms with E-state index in [0.717, 1.165) is 31.5 Å². The third kappa shape index (κ3) is 4.78. The van der Waals surface area contributed by atoms with Gasteiger partial charge in [-0.3, -0.25) is 14.0 Å². The molecule has 174 valence electrons. The number of nitrogens with zero attached hydrogens (tertiary/aromatic N) is 4. The maximum Gasteiger partial charge on any atom is 0.267 e. The fourth-order valence-corrected chi connectivity index (χ4v) is 6.03. The minimum atomic E-state index is -3.18. The second kappa shape index (κ2) is 8.98. The van der Waals surface area contributed by atoms with Gasteiger partial charge in [0.1, 0.15) is 23.1 Å². The molecule has 2 fully saturated rings. The Morgan fingerprint density at radius 3 is 2.67 bits per heavy atom. The fraction of sp³-hybridized carbons (Fsp3) is 0.478. The molecule has 0 bridgehead atoms. The van der Waals surface area contributed by atoms with Crippen molar-refractivity contribution in [1.82, 2.24) is 14.7 Å². The molecular formula is C23H27N5O4S. The van der Waals surface area contributed by atoms with Crippen LogP contribution in [0.25, 0.3) is 11.7 Å². The number of sulfone groups is 1. The third-order valence-electron chi connectivity index (χ3n) is 6.37. The van der Waals surface area contributed by atoms with Crippen molar-refractivity contribution in [3.63, 3.8) is 0 Å². The van der Waals surface area contributed by atoms with Crippen molar-refractivity contribution in [3.05, 3.63) is 45.4 Å². The monoisotopic (exact) mass is 469 g/mol. The highest BCUT2D eigenvalue weighted by atomic mass is 32.2. The molecule has 2 aliphatic rings. The molecular weight excluding hydrogens is 442 g/mol. The second-order valence-electron chi connectivity index (χ2n) is 8.95. The smallest absolute Gasteiger partial charge is 0.267 e. The molecule has 0 aliphatic carbocycles. The van der Waals surface area contributed by atoms with E-state index in [0.29, 0.717) is 23.8 Å². The van der Waals surface area contributed by atoms with Crippen LogP contribution < -0.4 is 15.8 Å². The molecule has 33 heavy (non-hydrogen) atoms. The Labute approximate surface area is 192 Å². The van der Waals surface area contributed by atoms with Gasteiger partial charge in [0.15, 0.2) is 9.84 Å². The SMILES string of the molecule is Cc1cccn2c(=O)c(C=C(C#N)C(=O)NC3CCS(=O)(=O)C3)c(N3CCC(C)CC3)nc12. The highest BCUT2D eigenvalue weighted by molar-refractivity contribution is 7.91. The molecule has 9 nitrogen and oxygen atoms in total. The Balaban J connectivity index is 1.77. The molecule has 2 saturated heterocycles. The molecule has 1 amide bonds. The van der Waals surface area contributed by atoms with E-state index in [2.05, 4.69) is 12.2 Å². The lowest BCUT2D eigenvalue weighted by molar-refractivity contribution is -0.117. The zero-order valence-electron chi connectivity index (χ0n) is 18.7. The largest absolute Gasteiger partial charge is 0.356 e. The van der Waals surface area contributed by atoms with Gasteiger partial charge in [0.25, 0.3) is 11.5 Å². The lowest BCUT2D eigenvalue weighted by Crippen LogP contribution is -2.37. The quantitative estimate of drug-likeness (QED) is 0.531. The number of hydrogen-bond acceptors (Lipinski definition) is 7. The van der Waals surface area contributed by atoms with Crippen LogP contribution in [0.15, 0.2) is 28.7 Å². The van der Waals surface area contributed by atoms with Crippen LogP contribution in [0.4, 0.5) is 5.82 Å². The van der Waals surface area contributed by atoms with Crippen LogP contribution in [-0.4, -0.2) is 54.3 Å². The highest BCUT2D eigenvalue weighted by Gasteiger charge is 2.30. The van der Waals surface area contributed by atoms with Gasteiger partial charge in [-0.15, -0.1) is 0 Å². The molecule has 10 heteroatoms. The number of rotatable bonds is 4. The average Bonchev–Trinajstić information content (AvgIpc) is 3.12. The number of nitriles is 1. The molecule has 0 saturated carbocycles. The minimum Gasteiger partial charge on any atom is -0.356 e. The van der Waals surface area contributed by atoms with Crippen LogP contribution in [0.3, 0.4) is 0 Å². The highest BCUT2D eigenvalue weighted by Crippen LogP contribution is 2.26. The van der Waals surface area contributed by atoms with E-state index in [1.807, 2.05) is 24.0 Å². The maximum absolute atomic E-state index is 13.4. The van der Waals surface area contributed by atoms with Crippen LogP contribution in [0.2, 0.25) is 0 Å². The maximum atomic E-state index is 13.4. The predicted molar refractivity (Wildman–Crippen MR) is 126 cm³/mol. The Morgan fingerprint density at radius 1 is 1.30 bits per heavy atom. The van der Waals surface area contributed by atoms with Crippen molar-refractivity contribution in [1.29, 1.82) is 5.26 Å². The van der Waals surface area contributed by atoms with Crippen LogP contribution in [0, 0.1) is 24.2 Å². The standard InChI is InChI=1S/C23H27N5O4S/c1-15-5-9-27(10-6-15)21-19(23(30)28-8-3-4-16(2)20(28)26-21)12-17(13-24)22(29)25-18-7-11-33(31,32)14-18/h3-4,8,12,15,18H,5-7,9-11,14H2,1-2H3,(H,25,29). The first kappa shape index (κ1) is 23.0. The molecule has 1 N–H and O–H groups in total. The van der Waals surface area contributed by atoms with Crippen molar-refractivity contribution >= 4 is 33.3 Å². The number of nitrogens with one attached hydrogen (secondary N) is 1.